The summed E-state index contributed by atoms with van der Waals surface area (Å²) in [7, 11) is -3.12. The highest BCUT2D eigenvalue weighted by molar-refractivity contribution is 7.92. The zero-order valence-corrected chi connectivity index (χ0v) is 13.7. The van der Waals surface area contributed by atoms with Crippen molar-refractivity contribution in [3.8, 4) is 0 Å². The minimum atomic E-state index is -3.12. The summed E-state index contributed by atoms with van der Waals surface area (Å²) in [5.74, 6) is 0.126. The van der Waals surface area contributed by atoms with E-state index in [2.05, 4.69) is 0 Å². The van der Waals surface area contributed by atoms with Crippen molar-refractivity contribution in [2.45, 2.75) is 45.3 Å². The van der Waals surface area contributed by atoms with Gasteiger partial charge >= 0.3 is 0 Å². The van der Waals surface area contributed by atoms with Crippen LogP contribution in [-0.2, 0) is 16.3 Å². The average Bonchev–Trinajstić information content (AvgIpc) is 2.35. The van der Waals surface area contributed by atoms with Crippen molar-refractivity contribution in [3.63, 3.8) is 0 Å². The molecule has 0 fully saturated rings. The predicted molar refractivity (Wildman–Crippen MR) is 83.6 cm³/mol. The summed E-state index contributed by atoms with van der Waals surface area (Å²) in [5, 5.41) is 9.48. The van der Waals surface area contributed by atoms with E-state index in [1.807, 2.05) is 31.2 Å². The molecule has 0 aliphatic heterocycles. The first-order chi connectivity index (χ1) is 9.17. The fourth-order valence-electron chi connectivity index (χ4n) is 2.04. The van der Waals surface area contributed by atoms with Crippen LogP contribution >= 0.6 is 0 Å². The summed E-state index contributed by atoms with van der Waals surface area (Å²) in [6.45, 7) is 7.22. The van der Waals surface area contributed by atoms with Gasteiger partial charge in [0.05, 0.1) is 10.5 Å². The molecule has 0 amide bonds. The zero-order valence-electron chi connectivity index (χ0n) is 12.9. The Morgan fingerprint density at radius 1 is 1.20 bits per heavy atom. The molecule has 3 nitrogen and oxygen atoms in total. The molecule has 20 heavy (non-hydrogen) atoms. The number of hydrogen-bond acceptors (Lipinski definition) is 3. The van der Waals surface area contributed by atoms with Crippen LogP contribution < -0.4 is 0 Å². The van der Waals surface area contributed by atoms with Gasteiger partial charge in [0.1, 0.15) is 0 Å². The number of benzene rings is 1. The normalized spacial score (nSPS) is 14.2. The Morgan fingerprint density at radius 2 is 1.80 bits per heavy atom. The van der Waals surface area contributed by atoms with Gasteiger partial charge in [-0.2, -0.15) is 0 Å². The molecule has 0 bridgehead atoms. The number of rotatable bonds is 6. The lowest BCUT2D eigenvalue weighted by Gasteiger charge is -2.21. The molecule has 0 radical (unpaired) electrons. The summed E-state index contributed by atoms with van der Waals surface area (Å²) in [6, 6.07) is 8.03. The molecule has 1 aromatic rings. The van der Waals surface area contributed by atoms with E-state index in [0.29, 0.717) is 6.42 Å². The van der Waals surface area contributed by atoms with Gasteiger partial charge in [0.15, 0.2) is 9.84 Å². The summed E-state index contributed by atoms with van der Waals surface area (Å²) in [6.07, 6.45) is 1.23. The van der Waals surface area contributed by atoms with Crippen LogP contribution in [0.1, 0.15) is 38.3 Å². The van der Waals surface area contributed by atoms with E-state index in [0.717, 1.165) is 6.42 Å². The van der Waals surface area contributed by atoms with Crippen LogP contribution in [0.25, 0.3) is 0 Å². The van der Waals surface area contributed by atoms with E-state index in [9.17, 15) is 13.5 Å². The first-order valence-corrected chi connectivity index (χ1v) is 8.70. The van der Waals surface area contributed by atoms with Gasteiger partial charge in [-0.25, -0.2) is 8.42 Å². The molecular weight excluding hydrogens is 272 g/mol. The smallest absolute Gasteiger partial charge is 0.155 e. The molecule has 114 valence electrons. The molecular formula is C16H26O3S. The third-order valence-corrected chi connectivity index (χ3v) is 6.40. The lowest BCUT2D eigenvalue weighted by molar-refractivity contribution is 0.222. The largest absolute Gasteiger partial charge is 0.396 e. The number of hydrogen-bond donors (Lipinski definition) is 1. The van der Waals surface area contributed by atoms with Gasteiger partial charge in [0.2, 0.25) is 0 Å². The van der Waals surface area contributed by atoms with Crippen LogP contribution in [0, 0.1) is 12.8 Å². The number of aryl methyl sites for hydroxylation is 1. The third kappa shape index (κ3) is 4.60. The summed E-state index contributed by atoms with van der Waals surface area (Å²) in [4.78, 5) is 0. The third-order valence-electron chi connectivity index (χ3n) is 3.76. The van der Waals surface area contributed by atoms with Crippen molar-refractivity contribution in [2.75, 3.05) is 12.4 Å². The fourth-order valence-corrected chi connectivity index (χ4v) is 3.29. The lowest BCUT2D eigenvalue weighted by atomic mass is 9.95. The Kier molecular flexibility index (Phi) is 5.78. The van der Waals surface area contributed by atoms with E-state index in [4.69, 9.17) is 0 Å². The topological polar surface area (TPSA) is 54.4 Å². The first kappa shape index (κ1) is 17.2. The Morgan fingerprint density at radius 3 is 2.30 bits per heavy atom. The zero-order chi connectivity index (χ0) is 15.4. The van der Waals surface area contributed by atoms with Gasteiger partial charge in [-0.3, -0.25) is 0 Å². The van der Waals surface area contributed by atoms with Crippen LogP contribution in [0.3, 0.4) is 0 Å². The van der Waals surface area contributed by atoms with Crippen LogP contribution in [0.4, 0.5) is 0 Å². The molecule has 1 rings (SSSR count). The summed E-state index contributed by atoms with van der Waals surface area (Å²) in [5.41, 5.74) is 2.37. The molecule has 0 saturated heterocycles. The van der Waals surface area contributed by atoms with Gasteiger partial charge in [-0.05, 0) is 57.6 Å². The second-order valence-corrected chi connectivity index (χ2v) is 9.26. The van der Waals surface area contributed by atoms with Crippen LogP contribution in [-0.4, -0.2) is 30.6 Å². The summed E-state index contributed by atoms with van der Waals surface area (Å²) < 4.78 is 23.5. The van der Waals surface area contributed by atoms with Gasteiger partial charge in [0.25, 0.3) is 0 Å². The average molecular weight is 298 g/mol. The van der Waals surface area contributed by atoms with Crippen LogP contribution in [0.15, 0.2) is 24.3 Å². The van der Waals surface area contributed by atoms with E-state index in [1.165, 1.54) is 11.1 Å². The molecule has 1 aromatic carbocycles. The Balaban J connectivity index is 2.68. The fraction of sp³-hybridized carbons (Fsp3) is 0.625. The van der Waals surface area contributed by atoms with Gasteiger partial charge in [-0.1, -0.05) is 24.3 Å². The molecule has 0 heterocycles. The second kappa shape index (κ2) is 6.72. The minimum Gasteiger partial charge on any atom is -0.396 e. The van der Waals surface area contributed by atoms with Gasteiger partial charge in [0, 0.05) is 6.61 Å². The molecule has 0 aliphatic carbocycles. The maximum Gasteiger partial charge on any atom is 0.155 e. The van der Waals surface area contributed by atoms with E-state index < -0.39 is 14.6 Å². The van der Waals surface area contributed by atoms with Crippen LogP contribution in [0.2, 0.25) is 0 Å². The molecule has 0 saturated carbocycles. The van der Waals surface area contributed by atoms with Gasteiger partial charge < -0.3 is 5.11 Å². The molecule has 1 atom stereocenters. The highest BCUT2D eigenvalue weighted by Gasteiger charge is 2.29. The standard InChI is InChI=1S/C16H26O3S/c1-13-7-5-6-8-15(13)11-14(12-17)9-10-20(18,19)16(2,3)4/h5-8,14,17H,9-12H2,1-4H3. The second-order valence-electron chi connectivity index (χ2n) is 6.40. The maximum absolute atomic E-state index is 12.1. The van der Waals surface area contributed by atoms with Crippen molar-refractivity contribution in [3.05, 3.63) is 35.4 Å². The van der Waals surface area contributed by atoms with Crippen molar-refractivity contribution < 1.29 is 13.5 Å². The molecule has 0 aromatic heterocycles. The molecule has 1 N–H and O–H groups in total. The van der Waals surface area contributed by atoms with E-state index >= 15 is 0 Å². The van der Waals surface area contributed by atoms with Crippen molar-refractivity contribution >= 4 is 9.84 Å². The maximum atomic E-state index is 12.1. The molecule has 4 heteroatoms. The highest BCUT2D eigenvalue weighted by atomic mass is 32.2. The van der Waals surface area contributed by atoms with E-state index in [-0.39, 0.29) is 18.3 Å². The Bertz CT molecular complexity index is 527. The first-order valence-electron chi connectivity index (χ1n) is 7.05. The number of sulfone groups is 1. The molecule has 0 spiro atoms. The minimum absolute atomic E-state index is 0.00627. The number of aliphatic hydroxyl groups is 1. The highest BCUT2D eigenvalue weighted by Crippen LogP contribution is 2.21. The monoisotopic (exact) mass is 298 g/mol. The molecule has 0 aliphatic rings. The van der Waals surface area contributed by atoms with Crippen molar-refractivity contribution in [1.29, 1.82) is 0 Å². The van der Waals surface area contributed by atoms with Crippen molar-refractivity contribution in [1.82, 2.24) is 0 Å². The molecule has 1 unspecified atom stereocenters. The Labute approximate surface area is 123 Å². The number of aliphatic hydroxyl groups excluding tert-OH is 1. The quantitative estimate of drug-likeness (QED) is 0.878. The Hall–Kier alpha value is -0.870. The van der Waals surface area contributed by atoms with Crippen molar-refractivity contribution in [2.24, 2.45) is 5.92 Å². The predicted octanol–water partition coefficient (Wildman–Crippen LogP) is 2.75. The lowest BCUT2D eigenvalue weighted by Crippen LogP contribution is -2.31. The summed E-state index contributed by atoms with van der Waals surface area (Å²) >= 11 is 0. The van der Waals surface area contributed by atoms with E-state index in [1.54, 1.807) is 20.8 Å². The van der Waals surface area contributed by atoms with Crippen LogP contribution in [0.5, 0.6) is 0 Å². The SMILES string of the molecule is Cc1ccccc1CC(CO)CCS(=O)(=O)C(C)(C)C. The van der Waals surface area contributed by atoms with Gasteiger partial charge in [-0.15, -0.1) is 0 Å².